The van der Waals surface area contributed by atoms with Gasteiger partial charge in [-0.15, -0.1) is 0 Å². The minimum absolute atomic E-state index is 0.0509. The fourth-order valence-electron chi connectivity index (χ4n) is 9.28. The first-order chi connectivity index (χ1) is 41.3. The summed E-state index contributed by atoms with van der Waals surface area (Å²) in [4.78, 5) is 98.7. The molecule has 0 fully saturated rings. The molecule has 0 saturated heterocycles. The van der Waals surface area contributed by atoms with Crippen molar-refractivity contribution in [2.24, 2.45) is 0 Å². The zero-order valence-corrected chi connectivity index (χ0v) is 53.2. The maximum atomic E-state index is 13.0. The van der Waals surface area contributed by atoms with Crippen LogP contribution in [-0.2, 0) is 66.7 Å². The largest absolute Gasteiger partial charge is 0.460 e. The lowest BCUT2D eigenvalue weighted by Gasteiger charge is -2.24. The van der Waals surface area contributed by atoms with E-state index in [2.05, 4.69) is 38.7 Å². The number of amides is 5. The number of nitrogens with one attached hydrogen (secondary N) is 5. The number of hydrogen-bond acceptors (Lipinski definition) is 16. The van der Waals surface area contributed by atoms with E-state index in [9.17, 15) is 38.4 Å². The van der Waals surface area contributed by atoms with Crippen molar-refractivity contribution in [3.8, 4) is 11.1 Å². The molecule has 0 saturated carbocycles. The molecule has 21 heteroatoms. The van der Waals surface area contributed by atoms with Crippen LogP contribution in [-0.4, -0.2) is 162 Å². The van der Waals surface area contributed by atoms with Crippen LogP contribution in [0.1, 0.15) is 187 Å². The molecule has 2 aromatic rings. The number of thioether (sulfide) groups is 1. The maximum Gasteiger partial charge on any atom is 0.407 e. The van der Waals surface area contributed by atoms with Crippen molar-refractivity contribution in [1.82, 2.24) is 26.6 Å². The van der Waals surface area contributed by atoms with Gasteiger partial charge in [0.05, 0.1) is 32.5 Å². The Morgan fingerprint density at radius 1 is 0.500 bits per heavy atom. The van der Waals surface area contributed by atoms with Gasteiger partial charge in [-0.25, -0.2) is 9.59 Å². The average Bonchev–Trinajstić information content (AvgIpc) is 1.89. The molecule has 483 valence electrons. The molecule has 2 unspecified atom stereocenters. The molecule has 0 spiro atoms. The third-order valence-corrected chi connectivity index (χ3v) is 14.7. The summed E-state index contributed by atoms with van der Waals surface area (Å²) in [6.07, 6.45) is 16.5. The van der Waals surface area contributed by atoms with Gasteiger partial charge in [-0.3, -0.25) is 28.8 Å². The quantitative estimate of drug-likeness (QED) is 0.0235. The van der Waals surface area contributed by atoms with Gasteiger partial charge in [-0.2, -0.15) is 11.8 Å². The highest BCUT2D eigenvalue weighted by Gasteiger charge is 2.30. The molecule has 0 aliphatic heterocycles. The van der Waals surface area contributed by atoms with Crippen molar-refractivity contribution < 1.29 is 71.5 Å². The second-order valence-corrected chi connectivity index (χ2v) is 24.7. The van der Waals surface area contributed by atoms with Crippen LogP contribution in [0.4, 0.5) is 4.79 Å². The lowest BCUT2D eigenvalue weighted by molar-refractivity contribution is -0.159. The van der Waals surface area contributed by atoms with E-state index in [1.807, 2.05) is 75.2 Å². The molecule has 20 nitrogen and oxygen atoms in total. The number of unbranched alkanes of at least 4 members (excludes halogenated alkanes) is 10. The van der Waals surface area contributed by atoms with Gasteiger partial charge < -0.3 is 59.7 Å². The first kappa shape index (κ1) is 74.6. The predicted octanol–water partition coefficient (Wildman–Crippen LogP) is 9.12. The molecule has 2 aromatic carbocycles. The summed E-state index contributed by atoms with van der Waals surface area (Å²) >= 11 is 2.00. The number of benzene rings is 2. The van der Waals surface area contributed by atoms with E-state index in [0.29, 0.717) is 104 Å². The smallest absolute Gasteiger partial charge is 0.407 e. The average molecular weight is 1230 g/mol. The number of rotatable bonds is 49. The summed E-state index contributed by atoms with van der Waals surface area (Å²) in [6.45, 7) is 14.0. The molecule has 0 bridgehead atoms. The van der Waals surface area contributed by atoms with Crippen LogP contribution in [0.15, 0.2) is 48.5 Å². The summed E-state index contributed by atoms with van der Waals surface area (Å²) in [6, 6.07) is 14.3. The highest BCUT2D eigenvalue weighted by Crippen LogP contribution is 2.44. The summed E-state index contributed by atoms with van der Waals surface area (Å²) in [5, 5.41) is 13.7. The summed E-state index contributed by atoms with van der Waals surface area (Å²) in [5.41, 5.74) is 3.27. The van der Waals surface area contributed by atoms with Gasteiger partial charge >= 0.3 is 18.0 Å². The van der Waals surface area contributed by atoms with Crippen LogP contribution in [0.2, 0.25) is 0 Å². The summed E-state index contributed by atoms with van der Waals surface area (Å²) in [7, 11) is 0. The Bertz CT molecular complexity index is 2250. The second kappa shape index (κ2) is 44.8. The van der Waals surface area contributed by atoms with Crippen LogP contribution >= 0.6 is 11.8 Å². The number of alkyl carbamates (subject to hydrolysis) is 1. The minimum atomic E-state index is -0.920. The number of esters is 2. The van der Waals surface area contributed by atoms with Crippen molar-refractivity contribution in [2.75, 3.05) is 90.6 Å². The Labute approximate surface area is 516 Å². The third kappa shape index (κ3) is 36.5. The SMILES string of the molecule is CC(C)(C)OC(=O)CCCCCCCCSCCCCCCCC(=O)NC(CCC(=O)NCCCOCCOCCOCCCNC(=O)COCC(=O)NCCCCC([C]=O)NC(=O)OCC1c2ccccc2-c2ccccc21)C(=O)OC(C)(C)C. The van der Waals surface area contributed by atoms with Crippen LogP contribution in [0.5, 0.6) is 0 Å². The number of hydrogen-bond donors (Lipinski definition) is 5. The van der Waals surface area contributed by atoms with Crippen LogP contribution in [0.25, 0.3) is 11.1 Å². The van der Waals surface area contributed by atoms with E-state index in [4.69, 9.17) is 33.2 Å². The Balaban J connectivity index is 1.07. The maximum absolute atomic E-state index is 13.0. The molecule has 1 aliphatic carbocycles. The van der Waals surface area contributed by atoms with Crippen LogP contribution < -0.4 is 26.6 Å². The lowest BCUT2D eigenvalue weighted by atomic mass is 9.98. The summed E-state index contributed by atoms with van der Waals surface area (Å²) < 4.78 is 38.4. The van der Waals surface area contributed by atoms with Crippen LogP contribution in [0.3, 0.4) is 0 Å². The molecule has 1 aliphatic rings. The van der Waals surface area contributed by atoms with E-state index < -0.39 is 35.3 Å². The number of ether oxygens (including phenoxy) is 7. The van der Waals surface area contributed by atoms with Crippen molar-refractivity contribution in [1.29, 1.82) is 0 Å². The third-order valence-electron chi connectivity index (χ3n) is 13.5. The first-order valence-electron chi connectivity index (χ1n) is 31.3. The van der Waals surface area contributed by atoms with Gasteiger partial charge in [0.1, 0.15) is 37.1 Å². The highest BCUT2D eigenvalue weighted by atomic mass is 32.2. The summed E-state index contributed by atoms with van der Waals surface area (Å²) in [5.74, 6) is 0.363. The van der Waals surface area contributed by atoms with Crippen molar-refractivity contribution in [3.63, 3.8) is 0 Å². The van der Waals surface area contributed by atoms with Crippen LogP contribution in [0, 0.1) is 0 Å². The van der Waals surface area contributed by atoms with E-state index in [1.54, 1.807) is 20.8 Å². The van der Waals surface area contributed by atoms with Crippen molar-refractivity contribution in [3.05, 3.63) is 59.7 Å². The van der Waals surface area contributed by atoms with E-state index in [-0.39, 0.29) is 68.2 Å². The van der Waals surface area contributed by atoms with Gasteiger partial charge in [0.15, 0.2) is 0 Å². The van der Waals surface area contributed by atoms with Crippen molar-refractivity contribution in [2.45, 2.75) is 199 Å². The lowest BCUT2D eigenvalue weighted by Crippen LogP contribution is -2.44. The molecule has 0 heterocycles. The van der Waals surface area contributed by atoms with Gasteiger partial charge in [0, 0.05) is 58.0 Å². The molecule has 1 radical (unpaired) electrons. The monoisotopic (exact) mass is 1220 g/mol. The topological polar surface area (TPSA) is 261 Å². The standard InChI is InChI=1S/C65H102N5O15S/c1-64(2,3)84-61(76)32-15-11-7-8-12-22-44-86-45-23-13-9-10-14-31-58(73)70-56(62(77)85-65(4,5)6)33-34-57(72)66-36-24-38-79-40-42-81-43-41-80-39-25-37-68-60(75)49-82-48-59(74)67-35-21-20-26-50(46-71)69-63(78)83-47-55-53-29-18-16-27-51(53)52-28-17-19-30-54(52)55/h16-19,27-30,50,55-56H,7-15,20-26,31-45,47-49H2,1-6H3,(H,66,72)(H,67,74)(H,68,75)(H,69,78)(H,70,73). The number of fused-ring (bicyclic) bond motifs is 3. The van der Waals surface area contributed by atoms with E-state index >= 15 is 0 Å². The fraction of sp³-hybridized carbons (Fsp3) is 0.692. The fourth-order valence-corrected chi connectivity index (χ4v) is 10.3. The second-order valence-electron chi connectivity index (χ2n) is 23.5. The number of carbonyl (C=O) groups is 7. The Hall–Kier alpha value is -5.61. The minimum Gasteiger partial charge on any atom is -0.460 e. The number of carbonyl (C=O) groups excluding carboxylic acids is 8. The molecule has 86 heavy (non-hydrogen) atoms. The molecule has 5 amide bonds. The zero-order chi connectivity index (χ0) is 62.7. The molecule has 2 atom stereocenters. The Kier molecular flexibility index (Phi) is 38.9. The Morgan fingerprint density at radius 2 is 0.988 bits per heavy atom. The molecule has 3 rings (SSSR count). The zero-order valence-electron chi connectivity index (χ0n) is 52.4. The van der Waals surface area contributed by atoms with Gasteiger partial charge in [0.25, 0.3) is 0 Å². The Morgan fingerprint density at radius 3 is 1.53 bits per heavy atom. The molecular formula is C65H102N5O15S. The van der Waals surface area contributed by atoms with Gasteiger partial charge in [0.2, 0.25) is 29.9 Å². The van der Waals surface area contributed by atoms with Crippen molar-refractivity contribution >= 4 is 59.7 Å². The van der Waals surface area contributed by atoms with Gasteiger partial charge in [-0.1, -0.05) is 93.5 Å². The van der Waals surface area contributed by atoms with E-state index in [1.165, 1.54) is 25.0 Å². The van der Waals surface area contributed by atoms with E-state index in [0.717, 1.165) is 79.4 Å². The normalized spacial score (nSPS) is 12.7. The molecular weight excluding hydrogens is 1120 g/mol. The first-order valence-corrected chi connectivity index (χ1v) is 32.4. The van der Waals surface area contributed by atoms with Gasteiger partial charge in [-0.05, 0) is 140 Å². The molecule has 0 aromatic heterocycles. The highest BCUT2D eigenvalue weighted by molar-refractivity contribution is 7.99. The molecule has 5 N–H and O–H groups in total. The predicted molar refractivity (Wildman–Crippen MR) is 333 cm³/mol.